The van der Waals surface area contributed by atoms with Crippen molar-refractivity contribution in [3.8, 4) is 0 Å². The van der Waals surface area contributed by atoms with Crippen molar-refractivity contribution in [2.45, 2.75) is 66.8 Å². The van der Waals surface area contributed by atoms with Gasteiger partial charge in [0.2, 0.25) is 0 Å². The quantitative estimate of drug-likeness (QED) is 0.721. The normalized spacial score (nSPS) is 13.0. The Balaban J connectivity index is 2.86. The van der Waals surface area contributed by atoms with Crippen molar-refractivity contribution in [1.29, 1.82) is 0 Å². The third-order valence-electron chi connectivity index (χ3n) is 3.81. The van der Waals surface area contributed by atoms with Crippen LogP contribution in [-0.2, 0) is 0 Å². The molecule has 19 heavy (non-hydrogen) atoms. The van der Waals surface area contributed by atoms with Gasteiger partial charge in [-0.05, 0) is 56.3 Å². The van der Waals surface area contributed by atoms with Gasteiger partial charge in [0, 0.05) is 6.04 Å². The van der Waals surface area contributed by atoms with E-state index < -0.39 is 0 Å². The molecular formula is C18H31N. The van der Waals surface area contributed by atoms with E-state index >= 15 is 0 Å². The molecule has 1 N–H and O–H groups in total. The number of nitrogens with one attached hydrogen (secondary N) is 1. The van der Waals surface area contributed by atoms with Crippen LogP contribution >= 0.6 is 0 Å². The topological polar surface area (TPSA) is 12.0 Å². The number of rotatable bonds is 7. The molecule has 1 aromatic rings. The molecule has 1 heteroatoms. The Bertz CT molecular complexity index is 370. The molecule has 108 valence electrons. The van der Waals surface area contributed by atoms with Gasteiger partial charge in [0.05, 0.1) is 0 Å². The summed E-state index contributed by atoms with van der Waals surface area (Å²) in [4.78, 5) is 0. The molecule has 0 bridgehead atoms. The lowest BCUT2D eigenvalue weighted by Crippen LogP contribution is -2.22. The van der Waals surface area contributed by atoms with Gasteiger partial charge in [0.15, 0.2) is 0 Å². The Morgan fingerprint density at radius 2 is 1.58 bits per heavy atom. The maximum atomic E-state index is 3.67. The summed E-state index contributed by atoms with van der Waals surface area (Å²) in [5.74, 6) is 0.808. The predicted molar refractivity (Wildman–Crippen MR) is 85.8 cm³/mol. The summed E-state index contributed by atoms with van der Waals surface area (Å²) in [6, 6.07) is 5.15. The molecule has 1 unspecified atom stereocenters. The fraction of sp³-hybridized carbons (Fsp3) is 0.667. The van der Waals surface area contributed by atoms with Crippen LogP contribution in [0.4, 0.5) is 0 Å². The van der Waals surface area contributed by atoms with Crippen molar-refractivity contribution < 1.29 is 0 Å². The highest BCUT2D eigenvalue weighted by Crippen LogP contribution is 2.27. The molecule has 1 aromatic carbocycles. The highest BCUT2D eigenvalue weighted by Gasteiger charge is 2.15. The molecule has 1 nitrogen and oxygen atoms in total. The summed E-state index contributed by atoms with van der Waals surface area (Å²) in [6.45, 7) is 14.6. The molecule has 0 heterocycles. The highest BCUT2D eigenvalue weighted by molar-refractivity contribution is 5.39. The minimum atomic E-state index is 0.518. The summed E-state index contributed by atoms with van der Waals surface area (Å²) >= 11 is 0. The fourth-order valence-electron chi connectivity index (χ4n) is 3.07. The maximum absolute atomic E-state index is 3.67. The van der Waals surface area contributed by atoms with Gasteiger partial charge in [0.1, 0.15) is 0 Å². The van der Waals surface area contributed by atoms with Gasteiger partial charge in [-0.25, -0.2) is 0 Å². The fourth-order valence-corrected chi connectivity index (χ4v) is 3.07. The Morgan fingerprint density at radius 1 is 1.00 bits per heavy atom. The zero-order chi connectivity index (χ0) is 14.4. The summed E-state index contributed by atoms with van der Waals surface area (Å²) < 4.78 is 0. The van der Waals surface area contributed by atoms with E-state index in [0.717, 1.165) is 12.5 Å². The average molecular weight is 261 g/mol. The molecule has 0 saturated carbocycles. The van der Waals surface area contributed by atoms with Crippen LogP contribution in [0, 0.1) is 26.7 Å². The molecule has 0 aliphatic rings. The largest absolute Gasteiger partial charge is 0.310 e. The SMILES string of the molecule is CCNC(CCCC(C)C)c1c(C)cc(C)cc1C. The van der Waals surface area contributed by atoms with Gasteiger partial charge in [-0.15, -0.1) is 0 Å². The summed E-state index contributed by atoms with van der Waals surface area (Å²) in [6.07, 6.45) is 3.88. The lowest BCUT2D eigenvalue weighted by molar-refractivity contribution is 0.453. The highest BCUT2D eigenvalue weighted by atomic mass is 14.9. The van der Waals surface area contributed by atoms with Crippen molar-refractivity contribution in [3.63, 3.8) is 0 Å². The first-order valence-electron chi connectivity index (χ1n) is 7.76. The van der Waals surface area contributed by atoms with Crippen LogP contribution < -0.4 is 5.32 Å². The molecule has 1 atom stereocenters. The third-order valence-corrected chi connectivity index (χ3v) is 3.81. The van der Waals surface area contributed by atoms with Gasteiger partial charge in [-0.1, -0.05) is 51.3 Å². The van der Waals surface area contributed by atoms with Crippen LogP contribution in [-0.4, -0.2) is 6.54 Å². The Kier molecular flexibility index (Phi) is 6.57. The lowest BCUT2D eigenvalue weighted by atomic mass is 9.90. The van der Waals surface area contributed by atoms with E-state index in [9.17, 15) is 0 Å². The molecule has 0 radical (unpaired) electrons. The van der Waals surface area contributed by atoms with Gasteiger partial charge in [-0.2, -0.15) is 0 Å². The Morgan fingerprint density at radius 3 is 2.05 bits per heavy atom. The molecule has 0 spiro atoms. The summed E-state index contributed by atoms with van der Waals surface area (Å²) in [5.41, 5.74) is 5.77. The molecule has 0 aromatic heterocycles. The number of aryl methyl sites for hydroxylation is 3. The molecule has 0 aliphatic heterocycles. The molecular weight excluding hydrogens is 230 g/mol. The van der Waals surface area contributed by atoms with Crippen LogP contribution in [0.1, 0.15) is 68.3 Å². The van der Waals surface area contributed by atoms with Crippen molar-refractivity contribution >= 4 is 0 Å². The number of hydrogen-bond acceptors (Lipinski definition) is 1. The van der Waals surface area contributed by atoms with Crippen molar-refractivity contribution in [2.75, 3.05) is 6.54 Å². The van der Waals surface area contributed by atoms with Crippen LogP contribution in [0.3, 0.4) is 0 Å². The van der Waals surface area contributed by atoms with E-state index in [4.69, 9.17) is 0 Å². The number of hydrogen-bond donors (Lipinski definition) is 1. The smallest absolute Gasteiger partial charge is 0.0325 e. The zero-order valence-corrected chi connectivity index (χ0v) is 13.6. The first-order valence-corrected chi connectivity index (χ1v) is 7.76. The molecule has 1 rings (SSSR count). The predicted octanol–water partition coefficient (Wildman–Crippen LogP) is 5.09. The van der Waals surface area contributed by atoms with E-state index in [1.165, 1.54) is 41.5 Å². The van der Waals surface area contributed by atoms with Crippen LogP contribution in [0.2, 0.25) is 0 Å². The molecule has 0 amide bonds. The van der Waals surface area contributed by atoms with E-state index in [2.05, 4.69) is 59.0 Å². The van der Waals surface area contributed by atoms with Crippen molar-refractivity contribution in [1.82, 2.24) is 5.32 Å². The van der Waals surface area contributed by atoms with E-state index in [-0.39, 0.29) is 0 Å². The lowest BCUT2D eigenvalue weighted by Gasteiger charge is -2.23. The van der Waals surface area contributed by atoms with Crippen LogP contribution in [0.5, 0.6) is 0 Å². The van der Waals surface area contributed by atoms with Gasteiger partial charge in [-0.3, -0.25) is 0 Å². The first-order chi connectivity index (χ1) is 8.95. The summed E-state index contributed by atoms with van der Waals surface area (Å²) in [5, 5.41) is 3.67. The second-order valence-electron chi connectivity index (χ2n) is 6.25. The monoisotopic (exact) mass is 261 g/mol. The number of benzene rings is 1. The van der Waals surface area contributed by atoms with Gasteiger partial charge >= 0.3 is 0 Å². The Hall–Kier alpha value is -0.820. The zero-order valence-electron chi connectivity index (χ0n) is 13.6. The van der Waals surface area contributed by atoms with E-state index in [0.29, 0.717) is 6.04 Å². The summed E-state index contributed by atoms with van der Waals surface area (Å²) in [7, 11) is 0. The minimum Gasteiger partial charge on any atom is -0.310 e. The second-order valence-corrected chi connectivity index (χ2v) is 6.25. The van der Waals surface area contributed by atoms with E-state index in [1.807, 2.05) is 0 Å². The minimum absolute atomic E-state index is 0.518. The molecule has 0 aliphatic carbocycles. The van der Waals surface area contributed by atoms with Crippen molar-refractivity contribution in [3.05, 3.63) is 34.4 Å². The molecule has 0 saturated heterocycles. The third kappa shape index (κ3) is 4.99. The van der Waals surface area contributed by atoms with E-state index in [1.54, 1.807) is 0 Å². The molecule has 0 fully saturated rings. The standard InChI is InChI=1S/C18H31N/c1-7-19-17(10-8-9-13(2)3)18-15(5)11-14(4)12-16(18)6/h11-13,17,19H,7-10H2,1-6H3. The van der Waals surface area contributed by atoms with Crippen LogP contribution in [0.15, 0.2) is 12.1 Å². The first kappa shape index (κ1) is 16.2. The van der Waals surface area contributed by atoms with Crippen molar-refractivity contribution in [2.24, 2.45) is 5.92 Å². The maximum Gasteiger partial charge on any atom is 0.0325 e. The van der Waals surface area contributed by atoms with Gasteiger partial charge < -0.3 is 5.32 Å². The second kappa shape index (κ2) is 7.69. The van der Waals surface area contributed by atoms with Crippen LogP contribution in [0.25, 0.3) is 0 Å². The average Bonchev–Trinajstić information content (AvgIpc) is 2.26. The Labute approximate surface area is 119 Å². The van der Waals surface area contributed by atoms with Gasteiger partial charge in [0.25, 0.3) is 0 Å².